The van der Waals surface area contributed by atoms with Gasteiger partial charge in [-0.25, -0.2) is 13.1 Å². The molecule has 0 unspecified atom stereocenters. The first-order valence-corrected chi connectivity index (χ1v) is 8.44. The fourth-order valence-corrected chi connectivity index (χ4v) is 2.25. The van der Waals surface area contributed by atoms with Crippen molar-refractivity contribution in [1.29, 1.82) is 0 Å². The summed E-state index contributed by atoms with van der Waals surface area (Å²) in [5, 5.41) is 3.34. The van der Waals surface area contributed by atoms with Crippen molar-refractivity contribution < 1.29 is 13.2 Å². The Hall–Kier alpha value is -1.11. The van der Waals surface area contributed by atoms with Crippen molar-refractivity contribution in [2.24, 2.45) is 0 Å². The molecule has 0 aromatic heterocycles. The average molecular weight is 319 g/mol. The van der Waals surface area contributed by atoms with Crippen LogP contribution in [0.5, 0.6) is 0 Å². The molecule has 0 fully saturated rings. The molecule has 0 saturated carbocycles. The Morgan fingerprint density at radius 2 is 1.85 bits per heavy atom. The third-order valence-corrected chi connectivity index (χ3v) is 4.36. The molecule has 1 aromatic carbocycles. The zero-order valence-electron chi connectivity index (χ0n) is 11.4. The molecule has 112 valence electrons. The van der Waals surface area contributed by atoms with E-state index in [2.05, 4.69) is 10.0 Å². The van der Waals surface area contributed by atoms with E-state index in [0.29, 0.717) is 24.4 Å². The number of aryl methyl sites for hydroxylation is 1. The molecule has 2 N–H and O–H groups in total. The van der Waals surface area contributed by atoms with Crippen molar-refractivity contribution >= 4 is 27.5 Å². The molecule has 0 atom stereocenters. The first-order chi connectivity index (χ1) is 9.43. The number of hydrogen-bond acceptors (Lipinski definition) is 3. The van der Waals surface area contributed by atoms with Gasteiger partial charge in [-0.1, -0.05) is 23.7 Å². The second-order valence-electron chi connectivity index (χ2n) is 4.27. The molecular formula is C13H19ClN2O3S. The first-order valence-electron chi connectivity index (χ1n) is 6.41. The van der Waals surface area contributed by atoms with Gasteiger partial charge in [0, 0.05) is 24.5 Å². The van der Waals surface area contributed by atoms with Crippen LogP contribution in [0.4, 0.5) is 0 Å². The Morgan fingerprint density at radius 1 is 1.20 bits per heavy atom. The zero-order chi connectivity index (χ0) is 15.0. The second-order valence-corrected chi connectivity index (χ2v) is 6.81. The molecule has 1 rings (SSSR count). The lowest BCUT2D eigenvalue weighted by atomic mass is 10.1. The van der Waals surface area contributed by atoms with Crippen molar-refractivity contribution in [3.8, 4) is 0 Å². The molecule has 1 amide bonds. The third kappa shape index (κ3) is 6.88. The Labute approximate surface area is 124 Å². The molecule has 20 heavy (non-hydrogen) atoms. The fourth-order valence-electron chi connectivity index (χ4n) is 1.51. The topological polar surface area (TPSA) is 75.3 Å². The molecular weight excluding hydrogens is 300 g/mol. The van der Waals surface area contributed by atoms with Crippen molar-refractivity contribution in [3.05, 3.63) is 34.9 Å². The average Bonchev–Trinajstić information content (AvgIpc) is 2.43. The summed E-state index contributed by atoms with van der Waals surface area (Å²) in [4.78, 5) is 11.6. The van der Waals surface area contributed by atoms with Gasteiger partial charge in [0.05, 0.1) is 5.75 Å². The number of benzene rings is 1. The molecule has 0 bridgehead atoms. The Kier molecular flexibility index (Phi) is 6.98. The molecule has 0 radical (unpaired) electrons. The Balaban J connectivity index is 2.19. The predicted molar refractivity (Wildman–Crippen MR) is 80.2 cm³/mol. The van der Waals surface area contributed by atoms with Crippen molar-refractivity contribution in [2.75, 3.05) is 18.8 Å². The number of nitrogens with one attached hydrogen (secondary N) is 2. The van der Waals surface area contributed by atoms with Crippen LogP contribution >= 0.6 is 11.6 Å². The highest BCUT2D eigenvalue weighted by Gasteiger charge is 2.06. The summed E-state index contributed by atoms with van der Waals surface area (Å²) in [6.07, 6.45) is 0.992. The first kappa shape index (κ1) is 16.9. The molecule has 0 heterocycles. The standard InChI is InChI=1S/C13H19ClN2O3S/c1-2-20(18,19)16-10-9-15-13(17)8-5-11-3-6-12(14)7-4-11/h3-4,6-7,16H,2,5,8-10H2,1H3,(H,15,17). The van der Waals surface area contributed by atoms with E-state index >= 15 is 0 Å². The highest BCUT2D eigenvalue weighted by atomic mass is 35.5. The summed E-state index contributed by atoms with van der Waals surface area (Å²) >= 11 is 5.77. The molecule has 5 nitrogen and oxygen atoms in total. The predicted octanol–water partition coefficient (Wildman–Crippen LogP) is 1.33. The van der Waals surface area contributed by atoms with Crippen molar-refractivity contribution in [1.82, 2.24) is 10.0 Å². The summed E-state index contributed by atoms with van der Waals surface area (Å²) < 4.78 is 24.7. The minimum Gasteiger partial charge on any atom is -0.355 e. The second kappa shape index (κ2) is 8.24. The molecule has 0 saturated heterocycles. The van der Waals surface area contributed by atoms with Gasteiger partial charge >= 0.3 is 0 Å². The number of sulfonamides is 1. The van der Waals surface area contributed by atoms with Gasteiger partial charge in [0.1, 0.15) is 0 Å². The molecule has 0 aliphatic heterocycles. The zero-order valence-corrected chi connectivity index (χ0v) is 12.9. The molecule has 0 aliphatic carbocycles. The Morgan fingerprint density at radius 3 is 2.45 bits per heavy atom. The van der Waals surface area contributed by atoms with Crippen LogP contribution in [-0.4, -0.2) is 33.2 Å². The van der Waals surface area contributed by atoms with Crippen LogP contribution < -0.4 is 10.0 Å². The van der Waals surface area contributed by atoms with Crippen LogP contribution in [0.2, 0.25) is 5.02 Å². The smallest absolute Gasteiger partial charge is 0.220 e. The van der Waals surface area contributed by atoms with E-state index in [1.807, 2.05) is 12.1 Å². The van der Waals surface area contributed by atoms with Crippen LogP contribution in [-0.2, 0) is 21.2 Å². The number of hydrogen-bond donors (Lipinski definition) is 2. The quantitative estimate of drug-likeness (QED) is 0.710. The maximum atomic E-state index is 11.6. The van der Waals surface area contributed by atoms with Crippen LogP contribution in [0.15, 0.2) is 24.3 Å². The van der Waals surface area contributed by atoms with Gasteiger partial charge in [-0.15, -0.1) is 0 Å². The third-order valence-electron chi connectivity index (χ3n) is 2.70. The van der Waals surface area contributed by atoms with Gasteiger partial charge in [-0.2, -0.15) is 0 Å². The van der Waals surface area contributed by atoms with Gasteiger partial charge in [-0.3, -0.25) is 4.79 Å². The fraction of sp³-hybridized carbons (Fsp3) is 0.462. The lowest BCUT2D eigenvalue weighted by Gasteiger charge is -2.07. The van der Waals surface area contributed by atoms with Gasteiger partial charge in [-0.05, 0) is 31.0 Å². The minimum absolute atomic E-state index is 0.0392. The van der Waals surface area contributed by atoms with Crippen LogP contribution in [0.25, 0.3) is 0 Å². The number of carbonyl (C=O) groups excluding carboxylic acids is 1. The number of rotatable bonds is 8. The maximum Gasteiger partial charge on any atom is 0.220 e. The normalized spacial score (nSPS) is 11.3. The Bertz CT molecular complexity index is 529. The summed E-state index contributed by atoms with van der Waals surface area (Å²) in [6, 6.07) is 7.33. The van der Waals surface area contributed by atoms with Crippen molar-refractivity contribution in [3.63, 3.8) is 0 Å². The number of halogens is 1. The van der Waals surface area contributed by atoms with Crippen LogP contribution in [0, 0.1) is 0 Å². The monoisotopic (exact) mass is 318 g/mol. The lowest BCUT2D eigenvalue weighted by Crippen LogP contribution is -2.35. The van der Waals surface area contributed by atoms with Crippen molar-refractivity contribution in [2.45, 2.75) is 19.8 Å². The highest BCUT2D eigenvalue weighted by molar-refractivity contribution is 7.89. The van der Waals surface area contributed by atoms with Gasteiger partial charge in [0.25, 0.3) is 0 Å². The van der Waals surface area contributed by atoms with E-state index in [4.69, 9.17) is 11.6 Å². The summed E-state index contributed by atoms with van der Waals surface area (Å²) in [5.74, 6) is -0.0621. The summed E-state index contributed by atoms with van der Waals surface area (Å²) in [7, 11) is -3.19. The van der Waals surface area contributed by atoms with E-state index in [1.165, 1.54) is 0 Å². The van der Waals surface area contributed by atoms with E-state index < -0.39 is 10.0 Å². The molecule has 7 heteroatoms. The van der Waals surface area contributed by atoms with E-state index in [0.717, 1.165) is 5.56 Å². The largest absolute Gasteiger partial charge is 0.355 e. The lowest BCUT2D eigenvalue weighted by molar-refractivity contribution is -0.121. The maximum absolute atomic E-state index is 11.6. The summed E-state index contributed by atoms with van der Waals surface area (Å²) in [6.45, 7) is 2.06. The molecule has 0 aliphatic rings. The number of carbonyl (C=O) groups is 1. The van der Waals surface area contributed by atoms with Crippen LogP contribution in [0.1, 0.15) is 18.9 Å². The SMILES string of the molecule is CCS(=O)(=O)NCCNC(=O)CCc1ccc(Cl)cc1. The van der Waals surface area contributed by atoms with Gasteiger partial charge < -0.3 is 5.32 Å². The van der Waals surface area contributed by atoms with Gasteiger partial charge in [0.15, 0.2) is 0 Å². The van der Waals surface area contributed by atoms with E-state index in [9.17, 15) is 13.2 Å². The van der Waals surface area contributed by atoms with Gasteiger partial charge in [0.2, 0.25) is 15.9 Å². The minimum atomic E-state index is -3.19. The highest BCUT2D eigenvalue weighted by Crippen LogP contribution is 2.10. The van der Waals surface area contributed by atoms with E-state index in [1.54, 1.807) is 19.1 Å². The summed E-state index contributed by atoms with van der Waals surface area (Å²) in [5.41, 5.74) is 1.04. The molecule has 1 aromatic rings. The number of amides is 1. The van der Waals surface area contributed by atoms with Crippen LogP contribution in [0.3, 0.4) is 0 Å². The molecule has 0 spiro atoms. The van der Waals surface area contributed by atoms with E-state index in [-0.39, 0.29) is 18.2 Å².